The van der Waals surface area contributed by atoms with E-state index in [2.05, 4.69) is 4.90 Å². The van der Waals surface area contributed by atoms with Crippen molar-refractivity contribution in [3.8, 4) is 5.75 Å². The number of rotatable bonds is 7. The van der Waals surface area contributed by atoms with Gasteiger partial charge < -0.3 is 19.0 Å². The van der Waals surface area contributed by atoms with Gasteiger partial charge in [0.25, 0.3) is 5.91 Å². The maximum absolute atomic E-state index is 12.4. The van der Waals surface area contributed by atoms with Crippen molar-refractivity contribution in [3.63, 3.8) is 0 Å². The molecule has 1 heterocycles. The highest BCUT2D eigenvalue weighted by Gasteiger charge is 2.17. The molecule has 2 rings (SSSR count). The summed E-state index contributed by atoms with van der Waals surface area (Å²) in [5.74, 6) is 0.953. The molecule has 0 spiro atoms. The van der Waals surface area contributed by atoms with Gasteiger partial charge in [0.05, 0.1) is 0 Å². The molecule has 0 unspecified atom stereocenters. The van der Waals surface area contributed by atoms with Gasteiger partial charge >= 0.3 is 0 Å². The van der Waals surface area contributed by atoms with E-state index in [1.165, 1.54) is 11.8 Å². The normalized spacial score (nSPS) is 10.8. The molecule has 23 heavy (non-hydrogen) atoms. The highest BCUT2D eigenvalue weighted by Crippen LogP contribution is 2.23. The predicted octanol–water partition coefficient (Wildman–Crippen LogP) is 3.22. The van der Waals surface area contributed by atoms with Crippen LogP contribution in [0.5, 0.6) is 5.75 Å². The van der Waals surface area contributed by atoms with Crippen molar-refractivity contribution in [3.05, 3.63) is 42.2 Å². The Hall–Kier alpha value is -1.92. The van der Waals surface area contributed by atoms with Crippen LogP contribution in [-0.2, 0) is 0 Å². The Balaban J connectivity index is 1.99. The lowest BCUT2D eigenvalue weighted by atomic mass is 10.2. The molecule has 0 aliphatic carbocycles. The third-order valence-electron chi connectivity index (χ3n) is 3.33. The first-order valence-electron chi connectivity index (χ1n) is 7.30. The first-order valence-corrected chi connectivity index (χ1v) is 8.53. The van der Waals surface area contributed by atoms with Gasteiger partial charge in [0, 0.05) is 19.3 Å². The fourth-order valence-corrected chi connectivity index (χ4v) is 2.32. The second-order valence-corrected chi connectivity index (χ2v) is 6.14. The van der Waals surface area contributed by atoms with Crippen molar-refractivity contribution >= 4 is 23.4 Å². The average molecular weight is 334 g/mol. The van der Waals surface area contributed by atoms with Crippen LogP contribution in [0.4, 0.5) is 5.69 Å². The minimum Gasteiger partial charge on any atom is -0.492 e. The third-order valence-corrected chi connectivity index (χ3v) is 3.95. The number of nitrogens with zero attached hydrogens (tertiary/aromatic N) is 2. The minimum absolute atomic E-state index is 0.174. The smallest absolute Gasteiger partial charge is 0.293 e. The minimum atomic E-state index is -0.174. The van der Waals surface area contributed by atoms with E-state index in [1.807, 2.05) is 44.6 Å². The Morgan fingerprint density at radius 3 is 2.39 bits per heavy atom. The van der Waals surface area contributed by atoms with Crippen LogP contribution in [0.25, 0.3) is 0 Å². The van der Waals surface area contributed by atoms with E-state index < -0.39 is 0 Å². The van der Waals surface area contributed by atoms with Gasteiger partial charge in [-0.2, -0.15) is 0 Å². The molecule has 124 valence electrons. The molecule has 6 heteroatoms. The zero-order valence-corrected chi connectivity index (χ0v) is 14.7. The Morgan fingerprint density at radius 2 is 1.83 bits per heavy atom. The number of hydrogen-bond acceptors (Lipinski definition) is 5. The molecule has 0 atom stereocenters. The van der Waals surface area contributed by atoms with Crippen LogP contribution in [-0.4, -0.2) is 51.4 Å². The van der Waals surface area contributed by atoms with Crippen molar-refractivity contribution in [2.75, 3.05) is 45.5 Å². The van der Waals surface area contributed by atoms with Crippen LogP contribution in [0.15, 0.2) is 45.9 Å². The highest BCUT2D eigenvalue weighted by atomic mass is 32.2. The van der Waals surface area contributed by atoms with E-state index in [0.717, 1.165) is 23.1 Å². The number of amides is 1. The van der Waals surface area contributed by atoms with Gasteiger partial charge in [-0.1, -0.05) is 11.8 Å². The molecule has 0 radical (unpaired) electrons. The van der Waals surface area contributed by atoms with Crippen molar-refractivity contribution in [1.29, 1.82) is 0 Å². The molecule has 0 aliphatic heterocycles. The van der Waals surface area contributed by atoms with Crippen LogP contribution in [0.2, 0.25) is 0 Å². The maximum atomic E-state index is 12.4. The molecule has 0 N–H and O–H groups in total. The average Bonchev–Trinajstić information content (AvgIpc) is 3.03. The number of thioether (sulfide) groups is 1. The van der Waals surface area contributed by atoms with Gasteiger partial charge in [0.1, 0.15) is 12.4 Å². The summed E-state index contributed by atoms with van der Waals surface area (Å²) in [6, 6.07) is 11.0. The number of carbonyl (C=O) groups excluding carboxylic acids is 1. The summed E-state index contributed by atoms with van der Waals surface area (Å²) in [5.41, 5.74) is 0.789. The van der Waals surface area contributed by atoms with Gasteiger partial charge in [-0.3, -0.25) is 4.79 Å². The molecule has 5 nitrogen and oxygen atoms in total. The Bertz CT molecular complexity index is 638. The highest BCUT2D eigenvalue weighted by molar-refractivity contribution is 7.98. The van der Waals surface area contributed by atoms with Crippen molar-refractivity contribution < 1.29 is 13.9 Å². The standard InChI is InChI=1S/C17H22N2O3S/c1-18(2)11-12-21-14-7-5-13(6-8-14)19(3)17(20)15-9-10-16(22-15)23-4/h5-10H,11-12H2,1-4H3. The molecule has 0 aliphatic rings. The SMILES string of the molecule is CSc1ccc(C(=O)N(C)c2ccc(OCCN(C)C)cc2)o1. The van der Waals surface area contributed by atoms with E-state index in [9.17, 15) is 4.79 Å². The fourth-order valence-electron chi connectivity index (χ4n) is 1.94. The summed E-state index contributed by atoms with van der Waals surface area (Å²) >= 11 is 1.47. The van der Waals surface area contributed by atoms with E-state index in [4.69, 9.17) is 9.15 Å². The van der Waals surface area contributed by atoms with E-state index >= 15 is 0 Å². The number of hydrogen-bond donors (Lipinski definition) is 0. The summed E-state index contributed by atoms with van der Waals surface area (Å²) in [6.07, 6.45) is 1.91. The first-order chi connectivity index (χ1) is 11.0. The molecular weight excluding hydrogens is 312 g/mol. The quantitative estimate of drug-likeness (QED) is 0.728. The second kappa shape index (κ2) is 8.08. The molecule has 1 aromatic carbocycles. The third kappa shape index (κ3) is 4.77. The van der Waals surface area contributed by atoms with Crippen LogP contribution in [0, 0.1) is 0 Å². The van der Waals surface area contributed by atoms with Crippen LogP contribution >= 0.6 is 11.8 Å². The summed E-state index contributed by atoms with van der Waals surface area (Å²) in [6.45, 7) is 1.49. The summed E-state index contributed by atoms with van der Waals surface area (Å²) in [5, 5.41) is 0.728. The maximum Gasteiger partial charge on any atom is 0.293 e. The molecule has 2 aromatic rings. The lowest BCUT2D eigenvalue weighted by Gasteiger charge is -2.17. The topological polar surface area (TPSA) is 45.9 Å². The molecular formula is C17H22N2O3S. The molecule has 0 saturated heterocycles. The number of anilines is 1. The fraction of sp³-hybridized carbons (Fsp3) is 0.353. The number of ether oxygens (including phenoxy) is 1. The van der Waals surface area contributed by atoms with Crippen LogP contribution in [0.1, 0.15) is 10.6 Å². The molecule has 0 saturated carbocycles. The molecule has 0 bridgehead atoms. The number of benzene rings is 1. The zero-order chi connectivity index (χ0) is 16.8. The molecule has 1 amide bonds. The van der Waals surface area contributed by atoms with E-state index in [0.29, 0.717) is 12.4 Å². The number of furan rings is 1. The summed E-state index contributed by atoms with van der Waals surface area (Å²) < 4.78 is 11.1. The lowest BCUT2D eigenvalue weighted by Crippen LogP contribution is -2.25. The predicted molar refractivity (Wildman–Crippen MR) is 93.7 cm³/mol. The zero-order valence-electron chi connectivity index (χ0n) is 13.9. The van der Waals surface area contributed by atoms with E-state index in [1.54, 1.807) is 24.1 Å². The Morgan fingerprint density at radius 1 is 1.13 bits per heavy atom. The van der Waals surface area contributed by atoms with Crippen molar-refractivity contribution in [2.24, 2.45) is 0 Å². The first kappa shape index (κ1) is 17.4. The van der Waals surface area contributed by atoms with Gasteiger partial charge in [-0.05, 0) is 56.7 Å². The second-order valence-electron chi connectivity index (χ2n) is 5.33. The van der Waals surface area contributed by atoms with Gasteiger partial charge in [0.2, 0.25) is 0 Å². The van der Waals surface area contributed by atoms with Crippen LogP contribution in [0.3, 0.4) is 0 Å². The van der Waals surface area contributed by atoms with Gasteiger partial charge in [0.15, 0.2) is 10.9 Å². The van der Waals surface area contributed by atoms with Gasteiger partial charge in [-0.15, -0.1) is 0 Å². The Labute approximate surface area is 141 Å². The van der Waals surface area contributed by atoms with Gasteiger partial charge in [-0.25, -0.2) is 0 Å². The largest absolute Gasteiger partial charge is 0.492 e. The Kier molecular flexibility index (Phi) is 6.12. The number of carbonyl (C=O) groups is 1. The lowest BCUT2D eigenvalue weighted by molar-refractivity contribution is 0.0961. The van der Waals surface area contributed by atoms with Crippen LogP contribution < -0.4 is 9.64 Å². The summed E-state index contributed by atoms with van der Waals surface area (Å²) in [7, 11) is 5.74. The number of likely N-dealkylation sites (N-methyl/N-ethyl adjacent to an activating group) is 1. The molecule has 1 aromatic heterocycles. The summed E-state index contributed by atoms with van der Waals surface area (Å²) in [4.78, 5) is 16.0. The van der Waals surface area contributed by atoms with Crippen molar-refractivity contribution in [1.82, 2.24) is 4.90 Å². The van der Waals surface area contributed by atoms with E-state index in [-0.39, 0.29) is 5.91 Å². The monoisotopic (exact) mass is 334 g/mol. The van der Waals surface area contributed by atoms with Crippen molar-refractivity contribution in [2.45, 2.75) is 5.09 Å². The molecule has 0 fully saturated rings.